The summed E-state index contributed by atoms with van der Waals surface area (Å²) < 4.78 is 29.8. The minimum Gasteiger partial charge on any atom is -0.455 e. The van der Waals surface area contributed by atoms with Gasteiger partial charge in [0.15, 0.2) is 5.75 Å². The molecule has 0 aromatic heterocycles. The highest BCUT2D eigenvalue weighted by Crippen LogP contribution is 2.35. The van der Waals surface area contributed by atoms with Gasteiger partial charge in [-0.3, -0.25) is 14.4 Å². The Labute approximate surface area is 192 Å². The first-order chi connectivity index (χ1) is 16.3. The molecule has 0 saturated carbocycles. The fourth-order valence-electron chi connectivity index (χ4n) is 3.74. The van der Waals surface area contributed by atoms with Crippen molar-refractivity contribution in [3.05, 3.63) is 47.0 Å². The number of ether oxygens (including phenoxy) is 1. The van der Waals surface area contributed by atoms with Crippen LogP contribution in [0, 0.1) is 13.8 Å². The monoisotopic (exact) mass is 441 g/mol. The quantitative estimate of drug-likeness (QED) is 0.669. The average molecular weight is 442 g/mol. The molecule has 170 valence electrons. The van der Waals surface area contributed by atoms with Gasteiger partial charge >= 0.3 is 0 Å². The SMILES string of the molecule is [2H]C([2H])([2H])N1C(=O)c2cc(Oc3cc(C)cc(C)c3)c(N)cc2NC(=O)[C@@H]1CC(=O)N(CC)CC. The largest absolute Gasteiger partial charge is 0.455 e. The zero-order valence-corrected chi connectivity index (χ0v) is 18.7. The molecule has 8 nitrogen and oxygen atoms in total. The average Bonchev–Trinajstić information content (AvgIpc) is 2.83. The van der Waals surface area contributed by atoms with Crippen molar-refractivity contribution in [3.63, 3.8) is 0 Å². The van der Waals surface area contributed by atoms with Crippen molar-refractivity contribution in [2.75, 3.05) is 31.1 Å². The number of nitrogen functional groups attached to an aromatic ring is 1. The number of aryl methyl sites for hydroxylation is 2. The standard InChI is InChI=1S/C24H30N4O4/c1-6-28(7-2)22(29)13-20-23(30)26-19-12-18(25)21(11-17(19)24(31)27(20)5)32-16-9-14(3)8-15(4)10-16/h8-12,20H,6-7,13,25H2,1-5H3,(H,26,30)/t20-/m0/s1/i5D3. The molecule has 1 aliphatic heterocycles. The maximum atomic E-state index is 13.5. The summed E-state index contributed by atoms with van der Waals surface area (Å²) in [6, 6.07) is 6.71. The maximum Gasteiger partial charge on any atom is 0.256 e. The molecule has 0 aliphatic carbocycles. The van der Waals surface area contributed by atoms with Gasteiger partial charge in [0.05, 0.1) is 23.4 Å². The van der Waals surface area contributed by atoms with E-state index in [-0.39, 0.29) is 22.7 Å². The summed E-state index contributed by atoms with van der Waals surface area (Å²) in [5.41, 5.74) is 8.18. The van der Waals surface area contributed by atoms with E-state index in [0.29, 0.717) is 23.7 Å². The lowest BCUT2D eigenvalue weighted by Gasteiger charge is -2.26. The van der Waals surface area contributed by atoms with E-state index in [4.69, 9.17) is 14.6 Å². The zero-order valence-electron chi connectivity index (χ0n) is 21.7. The minimum absolute atomic E-state index is 0.0531. The van der Waals surface area contributed by atoms with Gasteiger partial charge in [-0.2, -0.15) is 0 Å². The van der Waals surface area contributed by atoms with Crippen LogP contribution in [0.3, 0.4) is 0 Å². The molecule has 2 aromatic rings. The molecule has 8 heteroatoms. The zero-order chi connectivity index (χ0) is 26.1. The first-order valence-electron chi connectivity index (χ1n) is 12.0. The van der Waals surface area contributed by atoms with Crippen molar-refractivity contribution >= 4 is 29.1 Å². The lowest BCUT2D eigenvalue weighted by atomic mass is 10.1. The smallest absolute Gasteiger partial charge is 0.256 e. The van der Waals surface area contributed by atoms with Gasteiger partial charge in [0.2, 0.25) is 11.8 Å². The number of anilines is 2. The Hall–Kier alpha value is -3.55. The summed E-state index contributed by atoms with van der Waals surface area (Å²) in [7, 11) is 0. The van der Waals surface area contributed by atoms with E-state index in [0.717, 1.165) is 11.1 Å². The fourth-order valence-corrected chi connectivity index (χ4v) is 3.74. The molecular formula is C24H30N4O4. The van der Waals surface area contributed by atoms with Crippen LogP contribution in [0.2, 0.25) is 0 Å². The highest BCUT2D eigenvalue weighted by atomic mass is 16.5. The molecule has 1 atom stereocenters. The van der Waals surface area contributed by atoms with Gasteiger partial charge in [-0.1, -0.05) is 6.07 Å². The summed E-state index contributed by atoms with van der Waals surface area (Å²) in [5, 5.41) is 2.58. The van der Waals surface area contributed by atoms with E-state index in [1.807, 2.05) is 19.9 Å². The second kappa shape index (κ2) is 9.30. The predicted molar refractivity (Wildman–Crippen MR) is 124 cm³/mol. The number of nitrogens with two attached hydrogens (primary N) is 1. The molecule has 3 amide bonds. The molecule has 3 rings (SSSR count). The number of hydrogen-bond donors (Lipinski definition) is 2. The Bertz CT molecular complexity index is 1140. The molecule has 0 saturated heterocycles. The summed E-state index contributed by atoms with van der Waals surface area (Å²) in [5.74, 6) is -1.51. The number of amides is 3. The molecule has 0 bridgehead atoms. The molecule has 0 unspecified atom stereocenters. The molecule has 1 aliphatic rings. The van der Waals surface area contributed by atoms with Crippen LogP contribution in [0.15, 0.2) is 30.3 Å². The van der Waals surface area contributed by atoms with Crippen molar-refractivity contribution in [3.8, 4) is 11.5 Å². The van der Waals surface area contributed by atoms with Gasteiger partial charge in [-0.25, -0.2) is 0 Å². The normalized spacial score (nSPS) is 17.4. The van der Waals surface area contributed by atoms with Crippen LogP contribution in [0.4, 0.5) is 11.4 Å². The summed E-state index contributed by atoms with van der Waals surface area (Å²) in [4.78, 5) is 41.3. The van der Waals surface area contributed by atoms with Crippen molar-refractivity contribution in [1.29, 1.82) is 0 Å². The Morgan fingerprint density at radius 3 is 2.41 bits per heavy atom. The van der Waals surface area contributed by atoms with Crippen LogP contribution in [-0.2, 0) is 9.59 Å². The number of nitrogens with one attached hydrogen (secondary N) is 1. The van der Waals surface area contributed by atoms with E-state index in [9.17, 15) is 14.4 Å². The molecule has 32 heavy (non-hydrogen) atoms. The van der Waals surface area contributed by atoms with Gasteiger partial charge in [-0.05, 0) is 63.1 Å². The maximum absolute atomic E-state index is 13.5. The summed E-state index contributed by atoms with van der Waals surface area (Å²) in [6.07, 6.45) is -0.465. The first-order valence-corrected chi connectivity index (χ1v) is 10.5. The molecule has 3 N–H and O–H groups in total. The van der Waals surface area contributed by atoms with E-state index < -0.39 is 37.2 Å². The molecule has 2 aromatic carbocycles. The number of carbonyl (C=O) groups excluding carboxylic acids is 3. The highest BCUT2D eigenvalue weighted by Gasteiger charge is 2.35. The van der Waals surface area contributed by atoms with Crippen LogP contribution in [0.25, 0.3) is 0 Å². The molecule has 0 fully saturated rings. The van der Waals surface area contributed by atoms with Crippen LogP contribution in [0.1, 0.15) is 45.9 Å². The van der Waals surface area contributed by atoms with Crippen LogP contribution in [0.5, 0.6) is 11.5 Å². The number of benzene rings is 2. The van der Waals surface area contributed by atoms with Crippen LogP contribution < -0.4 is 15.8 Å². The van der Waals surface area contributed by atoms with E-state index in [1.54, 1.807) is 26.0 Å². The van der Waals surface area contributed by atoms with Gasteiger partial charge in [-0.15, -0.1) is 0 Å². The van der Waals surface area contributed by atoms with Crippen molar-refractivity contribution in [1.82, 2.24) is 9.80 Å². The first kappa shape index (κ1) is 19.2. The molecular weight excluding hydrogens is 408 g/mol. The molecule has 0 spiro atoms. The number of carbonyl (C=O) groups is 3. The number of hydrogen-bond acceptors (Lipinski definition) is 5. The van der Waals surface area contributed by atoms with Gasteiger partial charge in [0, 0.05) is 24.2 Å². The van der Waals surface area contributed by atoms with Crippen LogP contribution >= 0.6 is 0 Å². The lowest BCUT2D eigenvalue weighted by Crippen LogP contribution is -2.46. The number of fused-ring (bicyclic) bond motifs is 1. The van der Waals surface area contributed by atoms with E-state index in [2.05, 4.69) is 5.32 Å². The second-order valence-electron chi connectivity index (χ2n) is 7.81. The third-order valence-corrected chi connectivity index (χ3v) is 5.38. The third-order valence-electron chi connectivity index (χ3n) is 5.38. The Morgan fingerprint density at radius 2 is 1.81 bits per heavy atom. The Balaban J connectivity index is 2.05. The summed E-state index contributed by atoms with van der Waals surface area (Å²) in [6.45, 7) is 5.18. The Morgan fingerprint density at radius 1 is 1.16 bits per heavy atom. The number of rotatable bonds is 6. The van der Waals surface area contributed by atoms with E-state index >= 15 is 0 Å². The van der Waals surface area contributed by atoms with Crippen molar-refractivity contribution in [2.45, 2.75) is 40.2 Å². The van der Waals surface area contributed by atoms with Crippen molar-refractivity contribution < 1.29 is 23.2 Å². The van der Waals surface area contributed by atoms with Crippen molar-refractivity contribution in [2.24, 2.45) is 0 Å². The molecule has 0 radical (unpaired) electrons. The third kappa shape index (κ3) is 4.69. The lowest BCUT2D eigenvalue weighted by molar-refractivity contribution is -0.134. The number of nitrogens with zero attached hydrogens (tertiary/aromatic N) is 2. The summed E-state index contributed by atoms with van der Waals surface area (Å²) >= 11 is 0. The topological polar surface area (TPSA) is 105 Å². The second-order valence-corrected chi connectivity index (χ2v) is 7.81. The van der Waals surface area contributed by atoms with Gasteiger partial charge in [0.1, 0.15) is 11.8 Å². The van der Waals surface area contributed by atoms with Gasteiger partial charge in [0.25, 0.3) is 5.91 Å². The fraction of sp³-hybridized carbons (Fsp3) is 0.375. The van der Waals surface area contributed by atoms with E-state index in [1.165, 1.54) is 17.0 Å². The molecule has 1 heterocycles. The predicted octanol–water partition coefficient (Wildman–Crippen LogP) is 3.33. The highest BCUT2D eigenvalue weighted by molar-refractivity contribution is 6.11. The Kier molecular flexibility index (Phi) is 5.57. The number of likely N-dealkylation sites (N-methyl/N-ethyl adjacent to an activating group) is 1. The van der Waals surface area contributed by atoms with Crippen LogP contribution in [-0.4, -0.2) is 53.6 Å². The van der Waals surface area contributed by atoms with Gasteiger partial charge < -0.3 is 25.6 Å². The minimum atomic E-state index is -2.97.